The van der Waals surface area contributed by atoms with E-state index in [1.807, 2.05) is 31.2 Å². The van der Waals surface area contributed by atoms with Gasteiger partial charge in [-0.15, -0.1) is 12.4 Å². The highest BCUT2D eigenvalue weighted by atomic mass is 35.5. The van der Waals surface area contributed by atoms with Crippen molar-refractivity contribution in [2.75, 3.05) is 18.8 Å². The number of aryl methyl sites for hydroxylation is 1. The van der Waals surface area contributed by atoms with Crippen LogP contribution in [0, 0.1) is 12.8 Å². The summed E-state index contributed by atoms with van der Waals surface area (Å²) in [6.45, 7) is 3.77. The van der Waals surface area contributed by atoms with Gasteiger partial charge in [-0.25, -0.2) is 0 Å². The first kappa shape index (κ1) is 20.8. The molecule has 0 unspecified atom stereocenters. The van der Waals surface area contributed by atoms with Gasteiger partial charge >= 0.3 is 0 Å². The smallest absolute Gasteiger partial charge is 0.253 e. The summed E-state index contributed by atoms with van der Waals surface area (Å²) in [5.41, 5.74) is 9.24. The second-order valence-corrected chi connectivity index (χ2v) is 6.90. The van der Waals surface area contributed by atoms with Gasteiger partial charge in [-0.2, -0.15) is 0 Å². The Morgan fingerprint density at radius 2 is 1.78 bits per heavy atom. The van der Waals surface area contributed by atoms with Gasteiger partial charge in [0.25, 0.3) is 5.91 Å². The molecule has 0 bridgehead atoms. The first-order valence-electron chi connectivity index (χ1n) is 9.01. The van der Waals surface area contributed by atoms with Crippen LogP contribution in [-0.2, 0) is 11.3 Å². The third kappa shape index (κ3) is 5.47. The Hall–Kier alpha value is -2.53. The van der Waals surface area contributed by atoms with Crippen molar-refractivity contribution in [2.24, 2.45) is 5.92 Å². The number of carbonyl (C=O) groups excluding carboxylic acids is 2. The lowest BCUT2D eigenvalue weighted by molar-refractivity contribution is -0.126. The topological polar surface area (TPSA) is 75.4 Å². The van der Waals surface area contributed by atoms with E-state index in [9.17, 15) is 9.59 Å². The number of benzene rings is 2. The minimum atomic E-state index is -0.0367. The van der Waals surface area contributed by atoms with Crippen LogP contribution in [0.3, 0.4) is 0 Å². The highest BCUT2D eigenvalue weighted by molar-refractivity contribution is 5.95. The zero-order valence-corrected chi connectivity index (χ0v) is 16.3. The monoisotopic (exact) mass is 387 g/mol. The van der Waals surface area contributed by atoms with E-state index in [1.54, 1.807) is 29.2 Å². The van der Waals surface area contributed by atoms with E-state index in [0.717, 1.165) is 5.56 Å². The summed E-state index contributed by atoms with van der Waals surface area (Å²) in [7, 11) is 0. The zero-order valence-electron chi connectivity index (χ0n) is 15.5. The lowest BCUT2D eigenvalue weighted by Gasteiger charge is -2.31. The van der Waals surface area contributed by atoms with Gasteiger partial charge in [0.2, 0.25) is 5.91 Å². The molecule has 6 heteroatoms. The molecule has 2 aromatic rings. The maximum atomic E-state index is 12.5. The summed E-state index contributed by atoms with van der Waals surface area (Å²) < 4.78 is 0. The standard InChI is InChI=1S/C21H25N3O2.ClH/c1-15-5-7-16(8-6-15)14-23-20(25)17-9-11-24(12-10-17)21(26)18-3-2-4-19(22)13-18;/h2-8,13,17H,9-12,14,22H2,1H3,(H,23,25);1H. The Morgan fingerprint density at radius 3 is 2.41 bits per heavy atom. The number of rotatable bonds is 4. The van der Waals surface area contributed by atoms with Crippen LogP contribution in [0.1, 0.15) is 34.3 Å². The summed E-state index contributed by atoms with van der Waals surface area (Å²) >= 11 is 0. The fraction of sp³-hybridized carbons (Fsp3) is 0.333. The molecule has 1 fully saturated rings. The van der Waals surface area contributed by atoms with Crippen LogP contribution in [-0.4, -0.2) is 29.8 Å². The molecule has 0 saturated carbocycles. The number of anilines is 1. The number of nitrogen functional groups attached to an aromatic ring is 1. The molecular weight excluding hydrogens is 362 g/mol. The second kappa shape index (κ2) is 9.42. The van der Waals surface area contributed by atoms with Crippen molar-refractivity contribution in [2.45, 2.75) is 26.3 Å². The lowest BCUT2D eigenvalue weighted by Crippen LogP contribution is -2.42. The van der Waals surface area contributed by atoms with E-state index in [-0.39, 0.29) is 30.1 Å². The number of likely N-dealkylation sites (tertiary alicyclic amines) is 1. The molecule has 3 N–H and O–H groups in total. The zero-order chi connectivity index (χ0) is 18.5. The highest BCUT2D eigenvalue weighted by Gasteiger charge is 2.27. The van der Waals surface area contributed by atoms with E-state index in [0.29, 0.717) is 43.7 Å². The Bertz CT molecular complexity index is 784. The quantitative estimate of drug-likeness (QED) is 0.791. The van der Waals surface area contributed by atoms with Crippen molar-refractivity contribution >= 4 is 29.9 Å². The van der Waals surface area contributed by atoms with Crippen LogP contribution in [0.25, 0.3) is 0 Å². The summed E-state index contributed by atoms with van der Waals surface area (Å²) in [6.07, 6.45) is 1.38. The number of carbonyl (C=O) groups is 2. The van der Waals surface area contributed by atoms with Gasteiger partial charge in [-0.05, 0) is 43.5 Å². The van der Waals surface area contributed by atoms with Gasteiger partial charge in [-0.1, -0.05) is 35.9 Å². The van der Waals surface area contributed by atoms with Crippen molar-refractivity contribution in [3.05, 3.63) is 65.2 Å². The number of amides is 2. The molecule has 2 aromatic carbocycles. The summed E-state index contributed by atoms with van der Waals surface area (Å²) in [4.78, 5) is 26.7. The van der Waals surface area contributed by atoms with E-state index in [4.69, 9.17) is 5.73 Å². The second-order valence-electron chi connectivity index (χ2n) is 6.90. The van der Waals surface area contributed by atoms with Crippen molar-refractivity contribution in [1.82, 2.24) is 10.2 Å². The number of hydrogen-bond donors (Lipinski definition) is 2. The first-order chi connectivity index (χ1) is 12.5. The van der Waals surface area contributed by atoms with Crippen LogP contribution >= 0.6 is 12.4 Å². The molecule has 0 aromatic heterocycles. The summed E-state index contributed by atoms with van der Waals surface area (Å²) in [5.74, 6) is 0.0165. The van der Waals surface area contributed by atoms with Crippen molar-refractivity contribution in [1.29, 1.82) is 0 Å². The molecule has 1 aliphatic rings. The maximum Gasteiger partial charge on any atom is 0.253 e. The van der Waals surface area contributed by atoms with Crippen LogP contribution in [0.2, 0.25) is 0 Å². The minimum Gasteiger partial charge on any atom is -0.399 e. The normalized spacial score (nSPS) is 14.3. The molecule has 0 aliphatic carbocycles. The first-order valence-corrected chi connectivity index (χ1v) is 9.01. The maximum absolute atomic E-state index is 12.5. The Balaban J connectivity index is 0.00000261. The average molecular weight is 388 g/mol. The van der Waals surface area contributed by atoms with E-state index in [2.05, 4.69) is 5.32 Å². The number of nitrogens with two attached hydrogens (primary N) is 1. The Morgan fingerprint density at radius 1 is 1.11 bits per heavy atom. The largest absolute Gasteiger partial charge is 0.399 e. The molecule has 27 heavy (non-hydrogen) atoms. The van der Waals surface area contributed by atoms with Crippen LogP contribution in [0.5, 0.6) is 0 Å². The summed E-state index contributed by atoms with van der Waals surface area (Å²) in [5, 5.41) is 3.01. The van der Waals surface area contributed by atoms with Crippen LogP contribution < -0.4 is 11.1 Å². The van der Waals surface area contributed by atoms with Gasteiger partial charge in [0.15, 0.2) is 0 Å². The van der Waals surface area contributed by atoms with Crippen molar-refractivity contribution in [3.8, 4) is 0 Å². The Kier molecular flexibility index (Phi) is 7.25. The van der Waals surface area contributed by atoms with Gasteiger partial charge < -0.3 is 16.0 Å². The van der Waals surface area contributed by atoms with Gasteiger partial charge in [0.05, 0.1) is 0 Å². The summed E-state index contributed by atoms with van der Waals surface area (Å²) in [6, 6.07) is 15.2. The van der Waals surface area contributed by atoms with Crippen molar-refractivity contribution in [3.63, 3.8) is 0 Å². The fourth-order valence-corrected chi connectivity index (χ4v) is 3.24. The SMILES string of the molecule is Cc1ccc(CNC(=O)C2CCN(C(=O)c3cccc(N)c3)CC2)cc1.Cl. The molecule has 0 spiro atoms. The predicted octanol–water partition coefficient (Wildman–Crippen LogP) is 3.17. The predicted molar refractivity (Wildman–Crippen MR) is 110 cm³/mol. The van der Waals surface area contributed by atoms with E-state index >= 15 is 0 Å². The lowest BCUT2D eigenvalue weighted by atomic mass is 9.95. The van der Waals surface area contributed by atoms with Gasteiger partial charge in [0, 0.05) is 36.8 Å². The molecule has 3 rings (SSSR count). The van der Waals surface area contributed by atoms with Crippen molar-refractivity contribution < 1.29 is 9.59 Å². The third-order valence-electron chi connectivity index (χ3n) is 4.87. The molecular formula is C21H26ClN3O2. The van der Waals surface area contributed by atoms with E-state index in [1.165, 1.54) is 5.56 Å². The number of nitrogens with zero attached hydrogens (tertiary/aromatic N) is 1. The van der Waals surface area contributed by atoms with Gasteiger partial charge in [0.1, 0.15) is 0 Å². The molecule has 1 aliphatic heterocycles. The number of nitrogens with one attached hydrogen (secondary N) is 1. The number of hydrogen-bond acceptors (Lipinski definition) is 3. The Labute approximate surface area is 166 Å². The number of piperidine rings is 1. The van der Waals surface area contributed by atoms with Gasteiger partial charge in [-0.3, -0.25) is 9.59 Å². The molecule has 0 atom stereocenters. The highest BCUT2D eigenvalue weighted by Crippen LogP contribution is 2.20. The minimum absolute atomic E-state index is 0. The fourth-order valence-electron chi connectivity index (χ4n) is 3.24. The molecule has 2 amide bonds. The molecule has 1 saturated heterocycles. The van der Waals surface area contributed by atoms with Crippen LogP contribution in [0.4, 0.5) is 5.69 Å². The molecule has 0 radical (unpaired) electrons. The molecule has 5 nitrogen and oxygen atoms in total. The average Bonchev–Trinajstić information content (AvgIpc) is 2.67. The van der Waals surface area contributed by atoms with Crippen LogP contribution in [0.15, 0.2) is 48.5 Å². The number of halogens is 1. The van der Waals surface area contributed by atoms with E-state index < -0.39 is 0 Å². The third-order valence-corrected chi connectivity index (χ3v) is 4.87. The molecule has 1 heterocycles. The molecule has 144 valence electrons.